The van der Waals surface area contributed by atoms with Crippen LogP contribution in [0.2, 0.25) is 0 Å². The molecule has 3 atom stereocenters. The number of ether oxygens (including phenoxy) is 1. The Bertz CT molecular complexity index is 494. The van der Waals surface area contributed by atoms with Gasteiger partial charge in [0, 0.05) is 18.1 Å². The summed E-state index contributed by atoms with van der Waals surface area (Å²) in [5.74, 6) is 0.732. The topological polar surface area (TPSA) is 50.4 Å². The molecule has 1 aromatic rings. The first kappa shape index (κ1) is 17.1. The van der Waals surface area contributed by atoms with E-state index in [1.807, 2.05) is 38.1 Å². The van der Waals surface area contributed by atoms with Crippen LogP contribution in [0.25, 0.3) is 0 Å². The first-order valence-corrected chi connectivity index (χ1v) is 7.90. The van der Waals surface area contributed by atoms with Gasteiger partial charge in [-0.25, -0.2) is 0 Å². The normalized spacial score (nSPS) is 27.6. The van der Waals surface area contributed by atoms with Crippen molar-refractivity contribution in [1.29, 1.82) is 0 Å². The third-order valence-electron chi connectivity index (χ3n) is 4.52. The number of piperidine rings is 1. The van der Waals surface area contributed by atoms with Crippen molar-refractivity contribution in [3.8, 4) is 5.75 Å². The summed E-state index contributed by atoms with van der Waals surface area (Å²) in [5, 5.41) is 6.73. The van der Waals surface area contributed by atoms with Crippen molar-refractivity contribution in [3.63, 3.8) is 0 Å². The molecule has 0 aliphatic carbocycles. The van der Waals surface area contributed by atoms with E-state index in [1.54, 1.807) is 0 Å². The van der Waals surface area contributed by atoms with Gasteiger partial charge in [0.15, 0.2) is 6.10 Å². The Morgan fingerprint density at radius 1 is 1.23 bits per heavy atom. The maximum Gasteiger partial charge on any atom is 0.260 e. The molecule has 2 aliphatic heterocycles. The Hall–Kier alpha value is -1.26. The number of hydrogen-bond donors (Lipinski definition) is 2. The Morgan fingerprint density at radius 3 is 2.41 bits per heavy atom. The van der Waals surface area contributed by atoms with E-state index in [-0.39, 0.29) is 18.3 Å². The molecule has 22 heavy (non-hydrogen) atoms. The third-order valence-corrected chi connectivity index (χ3v) is 4.52. The maximum atomic E-state index is 12.3. The monoisotopic (exact) mass is 324 g/mol. The van der Waals surface area contributed by atoms with Gasteiger partial charge in [-0.15, -0.1) is 12.4 Å². The molecule has 3 unspecified atom stereocenters. The molecule has 3 rings (SSSR count). The summed E-state index contributed by atoms with van der Waals surface area (Å²) in [6, 6.07) is 9.26. The van der Waals surface area contributed by atoms with Crippen LogP contribution < -0.4 is 15.4 Å². The largest absolute Gasteiger partial charge is 0.481 e. The van der Waals surface area contributed by atoms with E-state index >= 15 is 0 Å². The van der Waals surface area contributed by atoms with Crippen LogP contribution in [0.15, 0.2) is 24.3 Å². The van der Waals surface area contributed by atoms with Crippen molar-refractivity contribution in [3.05, 3.63) is 29.8 Å². The molecule has 2 heterocycles. The fraction of sp³-hybridized carbons (Fsp3) is 0.588. The second kappa shape index (κ2) is 7.34. The van der Waals surface area contributed by atoms with Crippen LogP contribution in [-0.4, -0.2) is 30.1 Å². The molecule has 2 N–H and O–H groups in total. The second-order valence-electron chi connectivity index (χ2n) is 6.39. The summed E-state index contributed by atoms with van der Waals surface area (Å²) in [7, 11) is 0. The lowest BCUT2D eigenvalue weighted by Crippen LogP contribution is -2.50. The molecule has 4 nitrogen and oxygen atoms in total. The van der Waals surface area contributed by atoms with Gasteiger partial charge in [0.05, 0.1) is 0 Å². The molecule has 0 radical (unpaired) electrons. The lowest BCUT2D eigenvalue weighted by molar-refractivity contribution is -0.128. The number of aryl methyl sites for hydroxylation is 1. The van der Waals surface area contributed by atoms with Crippen molar-refractivity contribution in [2.75, 3.05) is 0 Å². The third kappa shape index (κ3) is 4.14. The van der Waals surface area contributed by atoms with E-state index in [0.29, 0.717) is 18.1 Å². The minimum absolute atomic E-state index is 0. The number of amides is 1. The quantitative estimate of drug-likeness (QED) is 0.895. The molecule has 2 saturated heterocycles. The van der Waals surface area contributed by atoms with E-state index in [9.17, 15) is 4.79 Å². The van der Waals surface area contributed by atoms with Gasteiger partial charge in [0.25, 0.3) is 5.91 Å². The summed E-state index contributed by atoms with van der Waals surface area (Å²) in [6.07, 6.45) is 4.11. The van der Waals surface area contributed by atoms with Gasteiger partial charge in [0.1, 0.15) is 5.75 Å². The highest BCUT2D eigenvalue weighted by atomic mass is 35.5. The molecule has 0 saturated carbocycles. The lowest BCUT2D eigenvalue weighted by atomic mass is 9.99. The maximum absolute atomic E-state index is 12.3. The Kier molecular flexibility index (Phi) is 5.70. The predicted molar refractivity (Wildman–Crippen MR) is 89.6 cm³/mol. The molecule has 122 valence electrons. The van der Waals surface area contributed by atoms with E-state index in [1.165, 1.54) is 18.4 Å². The van der Waals surface area contributed by atoms with Crippen molar-refractivity contribution in [2.24, 2.45) is 0 Å². The first-order chi connectivity index (χ1) is 10.1. The number of hydrogen-bond acceptors (Lipinski definition) is 3. The number of nitrogens with one attached hydrogen (secondary N) is 2. The van der Waals surface area contributed by atoms with Gasteiger partial charge in [-0.3, -0.25) is 4.79 Å². The zero-order chi connectivity index (χ0) is 14.8. The summed E-state index contributed by atoms with van der Waals surface area (Å²) in [6.45, 7) is 3.84. The molecular formula is C17H25ClN2O2. The molecule has 0 aromatic heterocycles. The zero-order valence-electron chi connectivity index (χ0n) is 13.2. The zero-order valence-corrected chi connectivity index (χ0v) is 14.0. The molecule has 0 spiro atoms. The van der Waals surface area contributed by atoms with Crippen LogP contribution in [-0.2, 0) is 4.79 Å². The first-order valence-electron chi connectivity index (χ1n) is 7.90. The fourth-order valence-electron chi connectivity index (χ4n) is 3.37. The number of halogens is 1. The summed E-state index contributed by atoms with van der Waals surface area (Å²) >= 11 is 0. The minimum Gasteiger partial charge on any atom is -0.481 e. The smallest absolute Gasteiger partial charge is 0.260 e. The summed E-state index contributed by atoms with van der Waals surface area (Å²) in [4.78, 5) is 12.3. The average molecular weight is 325 g/mol. The molecule has 5 heteroatoms. The van der Waals surface area contributed by atoms with Crippen LogP contribution in [0.5, 0.6) is 5.75 Å². The van der Waals surface area contributed by atoms with E-state index in [0.717, 1.165) is 18.6 Å². The van der Waals surface area contributed by atoms with Gasteiger partial charge in [0.2, 0.25) is 0 Å². The Balaban J connectivity index is 0.00000176. The molecule has 2 bridgehead atoms. The SMILES string of the molecule is Cc1ccc(OC(C)C(=O)NC2CC3CCC(C2)N3)cc1.Cl. The van der Waals surface area contributed by atoms with Gasteiger partial charge in [-0.05, 0) is 51.7 Å². The van der Waals surface area contributed by atoms with Crippen LogP contribution in [0.4, 0.5) is 0 Å². The lowest BCUT2D eigenvalue weighted by Gasteiger charge is -2.30. The van der Waals surface area contributed by atoms with Crippen molar-refractivity contribution < 1.29 is 9.53 Å². The van der Waals surface area contributed by atoms with Gasteiger partial charge < -0.3 is 15.4 Å². The van der Waals surface area contributed by atoms with Crippen LogP contribution in [0.1, 0.15) is 38.2 Å². The van der Waals surface area contributed by atoms with Crippen molar-refractivity contribution in [2.45, 2.75) is 63.8 Å². The molecule has 2 fully saturated rings. The number of rotatable bonds is 4. The fourth-order valence-corrected chi connectivity index (χ4v) is 3.37. The van der Waals surface area contributed by atoms with Crippen LogP contribution in [0.3, 0.4) is 0 Å². The molecular weight excluding hydrogens is 300 g/mol. The van der Waals surface area contributed by atoms with Crippen LogP contribution >= 0.6 is 12.4 Å². The highest BCUT2D eigenvalue weighted by Gasteiger charge is 2.34. The predicted octanol–water partition coefficient (Wildman–Crippen LogP) is 2.58. The van der Waals surface area contributed by atoms with Gasteiger partial charge >= 0.3 is 0 Å². The average Bonchev–Trinajstić information content (AvgIpc) is 2.80. The number of benzene rings is 1. The van der Waals surface area contributed by atoms with E-state index < -0.39 is 6.10 Å². The highest BCUT2D eigenvalue weighted by Crippen LogP contribution is 2.26. The standard InChI is InChI=1S/C17H24N2O2.ClH/c1-11-3-7-16(8-4-11)21-12(2)17(20)19-15-9-13-5-6-14(10-15)18-13;/h3-4,7-8,12-15,18H,5-6,9-10H2,1-2H3,(H,19,20);1H. The summed E-state index contributed by atoms with van der Waals surface area (Å²) in [5.41, 5.74) is 1.18. The van der Waals surface area contributed by atoms with Gasteiger partial charge in [-0.1, -0.05) is 17.7 Å². The molecule has 2 aliphatic rings. The summed E-state index contributed by atoms with van der Waals surface area (Å²) < 4.78 is 5.71. The van der Waals surface area contributed by atoms with Crippen molar-refractivity contribution >= 4 is 18.3 Å². The highest BCUT2D eigenvalue weighted by molar-refractivity contribution is 5.85. The number of fused-ring (bicyclic) bond motifs is 2. The minimum atomic E-state index is -0.458. The molecule has 1 amide bonds. The van der Waals surface area contributed by atoms with Gasteiger partial charge in [-0.2, -0.15) is 0 Å². The Labute approximate surface area is 138 Å². The van der Waals surface area contributed by atoms with E-state index in [4.69, 9.17) is 4.74 Å². The molecule has 1 aromatic carbocycles. The second-order valence-corrected chi connectivity index (χ2v) is 6.39. The number of carbonyl (C=O) groups is 1. The number of carbonyl (C=O) groups excluding carboxylic acids is 1. The Morgan fingerprint density at radius 2 is 1.82 bits per heavy atom. The van der Waals surface area contributed by atoms with E-state index in [2.05, 4.69) is 10.6 Å². The van der Waals surface area contributed by atoms with Crippen molar-refractivity contribution in [1.82, 2.24) is 10.6 Å². The van der Waals surface area contributed by atoms with Crippen LogP contribution in [0, 0.1) is 6.92 Å².